The van der Waals surface area contributed by atoms with Crippen molar-refractivity contribution < 1.29 is 26.0 Å². The Morgan fingerprint density at radius 1 is 0.578 bits per heavy atom. The molecule has 0 radical (unpaired) electrons. The van der Waals surface area contributed by atoms with Crippen LogP contribution in [0.25, 0.3) is 22.3 Å². The van der Waals surface area contributed by atoms with Crippen molar-refractivity contribution in [3.8, 4) is 0 Å². The van der Waals surface area contributed by atoms with E-state index in [2.05, 4.69) is 9.97 Å². The van der Waals surface area contributed by atoms with Crippen molar-refractivity contribution in [2.75, 3.05) is 0 Å². The minimum atomic E-state index is -4.23. The summed E-state index contributed by atoms with van der Waals surface area (Å²) in [6, 6.07) is 10.9. The van der Waals surface area contributed by atoms with E-state index in [-0.39, 0.29) is 11.1 Å². The average molecular weight is 629 g/mol. The summed E-state index contributed by atoms with van der Waals surface area (Å²) in [5.74, 6) is -5.18. The molecule has 2 aliphatic rings. The first-order valence-corrected chi connectivity index (χ1v) is 16.2. The van der Waals surface area contributed by atoms with Crippen LogP contribution >= 0.6 is 0 Å². The highest BCUT2D eigenvalue weighted by Crippen LogP contribution is 2.40. The third-order valence-electron chi connectivity index (χ3n) is 8.07. The van der Waals surface area contributed by atoms with Crippen LogP contribution in [0.1, 0.15) is 57.6 Å². The Labute approximate surface area is 259 Å². The SMILES string of the molecule is Cc1ncccc1C1=CCC=C1c1cc(F)c(CS(=O)(=O)Cc2cc(F)c(C3=CCC=C3c3cccnc3C)cc2F)cc1F. The van der Waals surface area contributed by atoms with Gasteiger partial charge in [-0.2, -0.15) is 0 Å². The van der Waals surface area contributed by atoms with Crippen LogP contribution in [-0.2, 0) is 21.3 Å². The van der Waals surface area contributed by atoms with Gasteiger partial charge in [0, 0.05) is 57.2 Å². The lowest BCUT2D eigenvalue weighted by atomic mass is 9.93. The molecule has 228 valence electrons. The fraction of sp³-hybridized carbons (Fsp3) is 0.167. The molecular weight excluding hydrogens is 600 g/mol. The molecule has 6 rings (SSSR count). The summed E-state index contributed by atoms with van der Waals surface area (Å²) in [6.45, 7) is 3.64. The summed E-state index contributed by atoms with van der Waals surface area (Å²) in [4.78, 5) is 8.55. The van der Waals surface area contributed by atoms with Gasteiger partial charge in [0.05, 0.1) is 11.5 Å². The molecule has 0 unspecified atom stereocenters. The van der Waals surface area contributed by atoms with Crippen molar-refractivity contribution >= 4 is 32.1 Å². The Morgan fingerprint density at radius 3 is 1.33 bits per heavy atom. The molecule has 0 N–H and O–H groups in total. The highest BCUT2D eigenvalue weighted by molar-refractivity contribution is 7.89. The second kappa shape index (κ2) is 12.0. The van der Waals surface area contributed by atoms with E-state index in [4.69, 9.17) is 0 Å². The first-order valence-electron chi connectivity index (χ1n) is 14.3. The zero-order valence-electron chi connectivity index (χ0n) is 24.5. The van der Waals surface area contributed by atoms with Crippen molar-refractivity contribution in [1.29, 1.82) is 0 Å². The van der Waals surface area contributed by atoms with E-state index < -0.39 is 55.7 Å². The quantitative estimate of drug-likeness (QED) is 0.184. The fourth-order valence-electron chi connectivity index (χ4n) is 5.92. The van der Waals surface area contributed by atoms with E-state index in [1.807, 2.05) is 38.1 Å². The summed E-state index contributed by atoms with van der Waals surface area (Å²) in [5.41, 5.74) is 4.66. The van der Waals surface area contributed by atoms with Gasteiger partial charge in [0.1, 0.15) is 23.3 Å². The Balaban J connectivity index is 1.23. The monoisotopic (exact) mass is 628 g/mol. The predicted molar refractivity (Wildman–Crippen MR) is 168 cm³/mol. The maximum atomic E-state index is 15.4. The van der Waals surface area contributed by atoms with Gasteiger partial charge in [0.15, 0.2) is 9.84 Å². The van der Waals surface area contributed by atoms with Crippen molar-refractivity contribution in [3.63, 3.8) is 0 Å². The maximum absolute atomic E-state index is 15.4. The predicted octanol–water partition coefficient (Wildman–Crippen LogP) is 8.51. The molecule has 45 heavy (non-hydrogen) atoms. The molecule has 2 aromatic carbocycles. The van der Waals surface area contributed by atoms with Crippen molar-refractivity contribution in [2.45, 2.75) is 38.2 Å². The molecule has 2 aliphatic carbocycles. The summed E-state index contributed by atoms with van der Waals surface area (Å²) < 4.78 is 87.6. The summed E-state index contributed by atoms with van der Waals surface area (Å²) in [5, 5.41) is 0. The molecule has 9 heteroatoms. The smallest absolute Gasteiger partial charge is 0.158 e. The van der Waals surface area contributed by atoms with Crippen molar-refractivity contribution in [2.24, 2.45) is 0 Å². The number of sulfone groups is 1. The number of aryl methyl sites for hydroxylation is 2. The van der Waals surface area contributed by atoms with E-state index in [9.17, 15) is 8.42 Å². The van der Waals surface area contributed by atoms with Crippen LogP contribution in [0.2, 0.25) is 0 Å². The van der Waals surface area contributed by atoms with Gasteiger partial charge in [-0.15, -0.1) is 0 Å². The summed E-state index contributed by atoms with van der Waals surface area (Å²) >= 11 is 0. The molecule has 2 aromatic heterocycles. The third kappa shape index (κ3) is 6.04. The molecule has 0 saturated carbocycles. The van der Waals surface area contributed by atoms with Crippen molar-refractivity contribution in [1.82, 2.24) is 9.97 Å². The molecular formula is C36H28F4N2O2S. The lowest BCUT2D eigenvalue weighted by Crippen LogP contribution is -2.12. The van der Waals surface area contributed by atoms with E-state index in [1.54, 1.807) is 36.7 Å². The number of aromatic nitrogens is 2. The van der Waals surface area contributed by atoms with E-state index >= 15 is 17.6 Å². The van der Waals surface area contributed by atoms with E-state index in [1.165, 1.54) is 0 Å². The first-order chi connectivity index (χ1) is 21.5. The van der Waals surface area contributed by atoms with Gasteiger partial charge in [0.25, 0.3) is 0 Å². The van der Waals surface area contributed by atoms with Crippen LogP contribution in [0.15, 0.2) is 85.2 Å². The largest absolute Gasteiger partial charge is 0.261 e. The molecule has 4 nitrogen and oxygen atoms in total. The summed E-state index contributed by atoms with van der Waals surface area (Å²) in [7, 11) is -4.23. The molecule has 0 bridgehead atoms. The molecule has 0 spiro atoms. The van der Waals surface area contributed by atoms with Crippen LogP contribution in [0.4, 0.5) is 17.6 Å². The van der Waals surface area contributed by atoms with Gasteiger partial charge in [-0.25, -0.2) is 26.0 Å². The molecule has 0 amide bonds. The van der Waals surface area contributed by atoms with Gasteiger partial charge < -0.3 is 0 Å². The third-order valence-corrected chi connectivity index (χ3v) is 9.57. The van der Waals surface area contributed by atoms with Crippen LogP contribution in [0, 0.1) is 37.1 Å². The number of hydrogen-bond donors (Lipinski definition) is 0. The number of halogens is 4. The Bertz CT molecular complexity index is 1950. The Hall–Kier alpha value is -4.63. The van der Waals surface area contributed by atoms with Crippen LogP contribution in [0.3, 0.4) is 0 Å². The molecule has 0 atom stereocenters. The zero-order valence-corrected chi connectivity index (χ0v) is 25.4. The Morgan fingerprint density at radius 2 is 0.956 bits per heavy atom. The zero-order chi connectivity index (χ0) is 31.9. The number of hydrogen-bond acceptors (Lipinski definition) is 4. The number of allylic oxidation sites excluding steroid dienone is 8. The van der Waals surface area contributed by atoms with Gasteiger partial charge in [-0.05, 0) is 85.4 Å². The second-order valence-corrected chi connectivity index (χ2v) is 13.2. The van der Waals surface area contributed by atoms with Crippen LogP contribution in [0.5, 0.6) is 0 Å². The number of benzene rings is 2. The van der Waals surface area contributed by atoms with E-state index in [0.29, 0.717) is 35.1 Å². The molecule has 0 fully saturated rings. The van der Waals surface area contributed by atoms with Crippen LogP contribution < -0.4 is 0 Å². The molecule has 0 aliphatic heterocycles. The van der Waals surface area contributed by atoms with Crippen LogP contribution in [-0.4, -0.2) is 18.4 Å². The lowest BCUT2D eigenvalue weighted by Gasteiger charge is -2.15. The molecule has 4 aromatic rings. The minimum Gasteiger partial charge on any atom is -0.261 e. The number of pyridine rings is 2. The minimum absolute atomic E-state index is 0.000435. The first kappa shape index (κ1) is 30.4. The Kier molecular flexibility index (Phi) is 8.14. The van der Waals surface area contributed by atoms with Gasteiger partial charge >= 0.3 is 0 Å². The number of rotatable bonds is 8. The average Bonchev–Trinajstić information content (AvgIpc) is 3.67. The molecule has 0 saturated heterocycles. The van der Waals surface area contributed by atoms with Gasteiger partial charge in [0.2, 0.25) is 0 Å². The standard InChI is InChI=1S/C36H28F4N2O2S/c1-21-25(11-5-13-41-21)27-7-3-9-29(27)31-17-33(37)23(15-35(31)39)19-45(43,44)20-24-16-36(40)32(18-34(24)38)30-10-4-8-28(30)26-12-6-14-42-22(26)2/h5-18H,3-4,19-20H2,1-2H3. The summed E-state index contributed by atoms with van der Waals surface area (Å²) in [6.07, 6.45) is 11.7. The highest BCUT2D eigenvalue weighted by atomic mass is 32.2. The highest BCUT2D eigenvalue weighted by Gasteiger charge is 2.26. The normalized spacial score (nSPS) is 14.7. The van der Waals surface area contributed by atoms with Gasteiger partial charge in [-0.1, -0.05) is 36.4 Å². The van der Waals surface area contributed by atoms with Crippen molar-refractivity contribution in [3.05, 3.63) is 153 Å². The molecule has 2 heterocycles. The lowest BCUT2D eigenvalue weighted by molar-refractivity contribution is 0.570. The maximum Gasteiger partial charge on any atom is 0.158 e. The fourth-order valence-corrected chi connectivity index (χ4v) is 7.41. The second-order valence-electron chi connectivity index (χ2n) is 11.1. The number of nitrogens with zero attached hydrogens (tertiary/aromatic N) is 2. The van der Waals surface area contributed by atoms with E-state index in [0.717, 1.165) is 46.8 Å². The topological polar surface area (TPSA) is 59.9 Å². The van der Waals surface area contributed by atoms with Gasteiger partial charge in [-0.3, -0.25) is 9.97 Å².